The summed E-state index contributed by atoms with van der Waals surface area (Å²) in [7, 11) is 0. The highest BCUT2D eigenvalue weighted by Gasteiger charge is 2.24. The van der Waals surface area contributed by atoms with E-state index in [2.05, 4.69) is 10.6 Å². The van der Waals surface area contributed by atoms with E-state index < -0.39 is 5.54 Å². The van der Waals surface area contributed by atoms with Gasteiger partial charge in [-0.05, 0) is 25.5 Å². The van der Waals surface area contributed by atoms with Crippen molar-refractivity contribution in [1.82, 2.24) is 10.6 Å². The molecule has 0 saturated heterocycles. The second kappa shape index (κ2) is 6.30. The van der Waals surface area contributed by atoms with E-state index in [0.29, 0.717) is 12.3 Å². The van der Waals surface area contributed by atoms with Crippen molar-refractivity contribution in [2.24, 2.45) is 0 Å². The maximum atomic E-state index is 11.6. The van der Waals surface area contributed by atoms with Crippen LogP contribution in [-0.2, 0) is 6.54 Å². The third-order valence-electron chi connectivity index (χ3n) is 2.57. The molecule has 0 aromatic carbocycles. The molecule has 1 aromatic heterocycles. The predicted molar refractivity (Wildman–Crippen MR) is 64.5 cm³/mol. The first-order valence-electron chi connectivity index (χ1n) is 5.79. The molecule has 2 amide bonds. The lowest BCUT2D eigenvalue weighted by Gasteiger charge is -2.28. The molecule has 1 heterocycles. The molecular weight excluding hydrogens is 220 g/mol. The molecule has 1 atom stereocenters. The van der Waals surface area contributed by atoms with Crippen molar-refractivity contribution in [3.8, 4) is 0 Å². The van der Waals surface area contributed by atoms with Gasteiger partial charge in [0.25, 0.3) is 0 Å². The number of hydrogen-bond donors (Lipinski definition) is 3. The Bertz CT molecular complexity index is 338. The van der Waals surface area contributed by atoms with Crippen LogP contribution < -0.4 is 10.6 Å². The molecule has 5 nitrogen and oxygen atoms in total. The summed E-state index contributed by atoms with van der Waals surface area (Å²) in [5.74, 6) is 0.696. The molecule has 0 bridgehead atoms. The van der Waals surface area contributed by atoms with Crippen LogP contribution in [0.15, 0.2) is 22.8 Å². The number of furan rings is 1. The Morgan fingerprint density at radius 2 is 2.35 bits per heavy atom. The monoisotopic (exact) mass is 240 g/mol. The first-order chi connectivity index (χ1) is 8.09. The standard InChI is InChI=1S/C12H20N2O3/c1-3-6-12(2,9-15)14-11(16)13-8-10-5-4-7-17-10/h4-5,7,15H,3,6,8-9H2,1-2H3,(H2,13,14,16). The molecular formula is C12H20N2O3. The smallest absolute Gasteiger partial charge is 0.315 e. The average Bonchev–Trinajstić information content (AvgIpc) is 2.79. The molecule has 3 N–H and O–H groups in total. The third kappa shape index (κ3) is 4.48. The normalized spacial score (nSPS) is 14.1. The number of amides is 2. The maximum Gasteiger partial charge on any atom is 0.315 e. The first-order valence-corrected chi connectivity index (χ1v) is 5.79. The molecule has 0 aliphatic heterocycles. The molecule has 0 radical (unpaired) electrons. The van der Waals surface area contributed by atoms with E-state index in [9.17, 15) is 9.90 Å². The lowest BCUT2D eigenvalue weighted by atomic mass is 9.98. The molecule has 0 saturated carbocycles. The van der Waals surface area contributed by atoms with Gasteiger partial charge in [-0.2, -0.15) is 0 Å². The Morgan fingerprint density at radius 1 is 1.59 bits per heavy atom. The maximum absolute atomic E-state index is 11.6. The second-order valence-corrected chi connectivity index (χ2v) is 4.36. The lowest BCUT2D eigenvalue weighted by molar-refractivity contribution is 0.163. The van der Waals surface area contributed by atoms with Gasteiger partial charge in [-0.25, -0.2) is 4.79 Å². The van der Waals surface area contributed by atoms with E-state index in [1.807, 2.05) is 13.8 Å². The highest BCUT2D eigenvalue weighted by molar-refractivity contribution is 5.74. The minimum absolute atomic E-state index is 0.0744. The molecule has 0 spiro atoms. The second-order valence-electron chi connectivity index (χ2n) is 4.36. The van der Waals surface area contributed by atoms with Gasteiger partial charge in [-0.1, -0.05) is 13.3 Å². The van der Waals surface area contributed by atoms with Crippen LogP contribution in [0.1, 0.15) is 32.4 Å². The number of carbonyl (C=O) groups is 1. The van der Waals surface area contributed by atoms with Crippen LogP contribution in [0.4, 0.5) is 4.79 Å². The van der Waals surface area contributed by atoms with Crippen molar-refractivity contribution in [3.63, 3.8) is 0 Å². The Morgan fingerprint density at radius 3 is 2.88 bits per heavy atom. The van der Waals surface area contributed by atoms with Crippen LogP contribution in [0.2, 0.25) is 0 Å². The van der Waals surface area contributed by atoms with Crippen molar-refractivity contribution in [3.05, 3.63) is 24.2 Å². The molecule has 96 valence electrons. The summed E-state index contributed by atoms with van der Waals surface area (Å²) in [6.07, 6.45) is 3.19. The van der Waals surface area contributed by atoms with Crippen LogP contribution in [0.3, 0.4) is 0 Å². The van der Waals surface area contributed by atoms with Crippen LogP contribution in [0.5, 0.6) is 0 Å². The lowest BCUT2D eigenvalue weighted by Crippen LogP contribution is -2.52. The van der Waals surface area contributed by atoms with Crippen molar-refractivity contribution >= 4 is 6.03 Å². The van der Waals surface area contributed by atoms with E-state index in [-0.39, 0.29) is 12.6 Å². The van der Waals surface area contributed by atoms with Gasteiger partial charge < -0.3 is 20.2 Å². The molecule has 0 fully saturated rings. The van der Waals surface area contributed by atoms with Gasteiger partial charge in [0.05, 0.1) is 25.0 Å². The zero-order chi connectivity index (χ0) is 12.7. The van der Waals surface area contributed by atoms with E-state index >= 15 is 0 Å². The summed E-state index contributed by atoms with van der Waals surface area (Å²) in [5.41, 5.74) is -0.567. The van der Waals surface area contributed by atoms with Crippen LogP contribution in [0, 0.1) is 0 Å². The minimum atomic E-state index is -0.567. The summed E-state index contributed by atoms with van der Waals surface area (Å²) in [6.45, 7) is 4.10. The van der Waals surface area contributed by atoms with Crippen LogP contribution in [-0.4, -0.2) is 23.3 Å². The summed E-state index contributed by atoms with van der Waals surface area (Å²) < 4.78 is 5.10. The number of nitrogens with one attached hydrogen (secondary N) is 2. The topological polar surface area (TPSA) is 74.5 Å². The van der Waals surface area contributed by atoms with Crippen molar-refractivity contribution in [2.45, 2.75) is 38.8 Å². The zero-order valence-corrected chi connectivity index (χ0v) is 10.3. The third-order valence-corrected chi connectivity index (χ3v) is 2.57. The van der Waals surface area contributed by atoms with Gasteiger partial charge in [0.15, 0.2) is 0 Å². The molecule has 5 heteroatoms. The van der Waals surface area contributed by atoms with E-state index in [1.54, 1.807) is 18.4 Å². The molecule has 1 rings (SSSR count). The SMILES string of the molecule is CCCC(C)(CO)NC(=O)NCc1ccco1. The quantitative estimate of drug-likeness (QED) is 0.707. The fourth-order valence-electron chi connectivity index (χ4n) is 1.63. The Labute approximate surface area is 101 Å². The van der Waals surface area contributed by atoms with Gasteiger partial charge in [0.2, 0.25) is 0 Å². The number of aliphatic hydroxyl groups is 1. The highest BCUT2D eigenvalue weighted by atomic mass is 16.3. The summed E-state index contributed by atoms with van der Waals surface area (Å²) in [5, 5.41) is 14.7. The van der Waals surface area contributed by atoms with Gasteiger partial charge in [-0.15, -0.1) is 0 Å². The van der Waals surface area contributed by atoms with Crippen molar-refractivity contribution in [2.75, 3.05) is 6.61 Å². The van der Waals surface area contributed by atoms with E-state index in [1.165, 1.54) is 0 Å². The van der Waals surface area contributed by atoms with Crippen LogP contribution >= 0.6 is 0 Å². The zero-order valence-electron chi connectivity index (χ0n) is 10.3. The van der Waals surface area contributed by atoms with E-state index in [4.69, 9.17) is 4.42 Å². The van der Waals surface area contributed by atoms with Gasteiger partial charge in [0, 0.05) is 0 Å². The number of urea groups is 1. The predicted octanol–water partition coefficient (Wildman–Crippen LogP) is 1.63. The van der Waals surface area contributed by atoms with Gasteiger partial charge in [-0.3, -0.25) is 0 Å². The fourth-order valence-corrected chi connectivity index (χ4v) is 1.63. The van der Waals surface area contributed by atoms with Crippen molar-refractivity contribution in [1.29, 1.82) is 0 Å². The van der Waals surface area contributed by atoms with E-state index in [0.717, 1.165) is 12.8 Å². The molecule has 1 unspecified atom stereocenters. The summed E-state index contributed by atoms with van der Waals surface area (Å²) >= 11 is 0. The van der Waals surface area contributed by atoms with Crippen LogP contribution in [0.25, 0.3) is 0 Å². The Kier molecular flexibility index (Phi) is 5.03. The summed E-state index contributed by atoms with van der Waals surface area (Å²) in [6, 6.07) is 3.26. The minimum Gasteiger partial charge on any atom is -0.467 e. The fraction of sp³-hybridized carbons (Fsp3) is 0.583. The van der Waals surface area contributed by atoms with Gasteiger partial charge >= 0.3 is 6.03 Å². The number of carbonyl (C=O) groups excluding carboxylic acids is 1. The molecule has 1 aromatic rings. The molecule has 0 aliphatic rings. The largest absolute Gasteiger partial charge is 0.467 e. The molecule has 17 heavy (non-hydrogen) atoms. The summed E-state index contributed by atoms with van der Waals surface area (Å²) in [4.78, 5) is 11.6. The number of hydrogen-bond acceptors (Lipinski definition) is 3. The number of aliphatic hydroxyl groups excluding tert-OH is 1. The first kappa shape index (κ1) is 13.6. The average molecular weight is 240 g/mol. The molecule has 0 aliphatic carbocycles. The Hall–Kier alpha value is -1.49. The number of rotatable bonds is 6. The van der Waals surface area contributed by atoms with Gasteiger partial charge in [0.1, 0.15) is 5.76 Å². The Balaban J connectivity index is 2.37. The van der Waals surface area contributed by atoms with Crippen molar-refractivity contribution < 1.29 is 14.3 Å². The highest BCUT2D eigenvalue weighted by Crippen LogP contribution is 2.10.